The summed E-state index contributed by atoms with van der Waals surface area (Å²) in [5, 5.41) is 5.01. The number of aromatic nitrogens is 1. The van der Waals surface area contributed by atoms with Gasteiger partial charge in [-0.1, -0.05) is 127 Å². The van der Waals surface area contributed by atoms with Gasteiger partial charge in [0.15, 0.2) is 0 Å². The predicted molar refractivity (Wildman–Crippen MR) is 250 cm³/mol. The van der Waals surface area contributed by atoms with Gasteiger partial charge in [0.05, 0.1) is 38.8 Å². The lowest BCUT2D eigenvalue weighted by Crippen LogP contribution is -2.26. The van der Waals surface area contributed by atoms with Crippen LogP contribution in [0.4, 0.5) is 22.7 Å². The predicted octanol–water partition coefficient (Wildman–Crippen LogP) is 14.8. The standard InChI is InChI=1S/C54H36N3O2P/c58-60(43-22-11-4-12-23-43)56(42-20-9-3-10-21-42)51-36-40(30-33-49(51)57(60)50-25-15-27-53-54(50)44-24-13-14-26-52(44)59-53)39-29-32-48-46(35-39)45-34-38(37-16-5-1-6-17-37)28-31-47(45)55(48)41-18-7-2-8-19-41/h1-36H. The van der Waals surface area contributed by atoms with Gasteiger partial charge in [0, 0.05) is 27.5 Å². The van der Waals surface area contributed by atoms with Crippen molar-refractivity contribution in [3.05, 3.63) is 218 Å². The lowest BCUT2D eigenvalue weighted by molar-refractivity contribution is 0.582. The number of fused-ring (bicyclic) bond motifs is 7. The number of benzene rings is 9. The summed E-state index contributed by atoms with van der Waals surface area (Å²) in [6, 6.07) is 75.5. The van der Waals surface area contributed by atoms with Crippen LogP contribution in [0, 0.1) is 0 Å². The van der Waals surface area contributed by atoms with Crippen molar-refractivity contribution in [3.8, 4) is 27.9 Å². The summed E-state index contributed by atoms with van der Waals surface area (Å²) in [5.74, 6) is 0. The van der Waals surface area contributed by atoms with Crippen LogP contribution in [0.15, 0.2) is 223 Å². The topological polar surface area (TPSA) is 41.6 Å². The van der Waals surface area contributed by atoms with Gasteiger partial charge in [-0.2, -0.15) is 0 Å². The van der Waals surface area contributed by atoms with Crippen molar-refractivity contribution < 1.29 is 8.98 Å². The molecule has 2 aromatic heterocycles. The maximum atomic E-state index is 16.7. The van der Waals surface area contributed by atoms with E-state index in [0.717, 1.165) is 77.8 Å². The van der Waals surface area contributed by atoms with E-state index in [9.17, 15) is 0 Å². The quantitative estimate of drug-likeness (QED) is 0.157. The summed E-state index contributed by atoms with van der Waals surface area (Å²) in [4.78, 5) is 0. The van der Waals surface area contributed by atoms with Crippen LogP contribution in [0.5, 0.6) is 0 Å². The molecule has 0 amide bonds. The van der Waals surface area contributed by atoms with E-state index in [1.807, 2.05) is 78.9 Å². The van der Waals surface area contributed by atoms with Gasteiger partial charge in [-0.25, -0.2) is 0 Å². The number of nitrogens with zero attached hydrogens (tertiary/aromatic N) is 3. The maximum absolute atomic E-state index is 16.7. The molecule has 6 heteroatoms. The molecule has 1 aliphatic rings. The third-order valence-corrected chi connectivity index (χ3v) is 14.8. The summed E-state index contributed by atoms with van der Waals surface area (Å²) in [6.07, 6.45) is 0. The van der Waals surface area contributed by atoms with Crippen LogP contribution in [0.1, 0.15) is 0 Å². The van der Waals surface area contributed by atoms with E-state index in [2.05, 4.69) is 153 Å². The van der Waals surface area contributed by atoms with Gasteiger partial charge in [-0.15, -0.1) is 0 Å². The average Bonchev–Trinajstić information content (AvgIpc) is 3.95. The van der Waals surface area contributed by atoms with Gasteiger partial charge >= 0.3 is 7.44 Å². The minimum absolute atomic E-state index is 0.737. The highest BCUT2D eigenvalue weighted by atomic mass is 31.2. The van der Waals surface area contributed by atoms with Gasteiger partial charge in [0.25, 0.3) is 0 Å². The van der Waals surface area contributed by atoms with Gasteiger partial charge in [0.1, 0.15) is 11.2 Å². The lowest BCUT2D eigenvalue weighted by atomic mass is 9.99. The van der Waals surface area contributed by atoms with Crippen molar-refractivity contribution in [2.75, 3.05) is 9.34 Å². The lowest BCUT2D eigenvalue weighted by Gasteiger charge is -2.33. The Balaban J connectivity index is 1.11. The van der Waals surface area contributed by atoms with Crippen molar-refractivity contribution in [2.45, 2.75) is 0 Å². The monoisotopic (exact) mass is 789 g/mol. The smallest absolute Gasteiger partial charge is 0.301 e. The highest BCUT2D eigenvalue weighted by Gasteiger charge is 2.49. The number of hydrogen-bond acceptors (Lipinski definition) is 2. The van der Waals surface area contributed by atoms with Crippen LogP contribution < -0.4 is 14.6 Å². The molecule has 0 N–H and O–H groups in total. The minimum Gasteiger partial charge on any atom is -0.456 e. The van der Waals surface area contributed by atoms with E-state index in [4.69, 9.17) is 4.42 Å². The molecule has 0 spiro atoms. The fourth-order valence-corrected chi connectivity index (χ4v) is 12.2. The fraction of sp³-hybridized carbons (Fsp3) is 0. The van der Waals surface area contributed by atoms with Gasteiger partial charge in [0.2, 0.25) is 0 Å². The largest absolute Gasteiger partial charge is 0.456 e. The highest BCUT2D eigenvalue weighted by Crippen LogP contribution is 2.71. The van der Waals surface area contributed by atoms with Crippen LogP contribution >= 0.6 is 7.44 Å². The summed E-state index contributed by atoms with van der Waals surface area (Å²) in [7, 11) is -3.65. The second-order valence-corrected chi connectivity index (χ2v) is 17.7. The van der Waals surface area contributed by atoms with Gasteiger partial charge < -0.3 is 8.98 Å². The molecule has 3 heterocycles. The Labute approximate surface area is 347 Å². The van der Waals surface area contributed by atoms with Gasteiger partial charge in [-0.3, -0.25) is 13.9 Å². The Kier molecular flexibility index (Phi) is 7.75. The summed E-state index contributed by atoms with van der Waals surface area (Å²) in [6.45, 7) is 0. The van der Waals surface area contributed by atoms with E-state index in [-0.39, 0.29) is 0 Å². The van der Waals surface area contributed by atoms with Gasteiger partial charge in [-0.05, 0) is 113 Å². The number of anilines is 4. The number of hydrogen-bond donors (Lipinski definition) is 0. The van der Waals surface area contributed by atoms with Crippen LogP contribution in [-0.2, 0) is 4.57 Å². The van der Waals surface area contributed by atoms with Crippen LogP contribution in [-0.4, -0.2) is 4.57 Å². The van der Waals surface area contributed by atoms with E-state index in [1.54, 1.807) is 0 Å². The van der Waals surface area contributed by atoms with Crippen LogP contribution in [0.3, 0.4) is 0 Å². The molecule has 5 nitrogen and oxygen atoms in total. The molecule has 1 atom stereocenters. The molecule has 1 aliphatic heterocycles. The molecule has 0 radical (unpaired) electrons. The molecule has 284 valence electrons. The fourth-order valence-electron chi connectivity index (χ4n) is 9.23. The molecular formula is C54H36N3O2P. The Bertz CT molecular complexity index is 3470. The first-order chi connectivity index (χ1) is 29.6. The molecule has 0 aliphatic carbocycles. The average molecular weight is 790 g/mol. The number of furan rings is 1. The van der Waals surface area contributed by atoms with E-state index >= 15 is 4.57 Å². The summed E-state index contributed by atoms with van der Waals surface area (Å²) in [5.41, 5.74) is 12.8. The van der Waals surface area contributed by atoms with Crippen LogP contribution in [0.2, 0.25) is 0 Å². The molecule has 12 rings (SSSR count). The molecule has 0 fully saturated rings. The van der Waals surface area contributed by atoms with Crippen molar-refractivity contribution in [2.24, 2.45) is 0 Å². The third-order valence-electron chi connectivity index (χ3n) is 11.9. The second-order valence-electron chi connectivity index (χ2n) is 15.3. The number of para-hydroxylation sites is 3. The first-order valence-electron chi connectivity index (χ1n) is 20.2. The van der Waals surface area contributed by atoms with E-state index < -0.39 is 7.44 Å². The van der Waals surface area contributed by atoms with Crippen molar-refractivity contribution in [1.82, 2.24) is 4.57 Å². The zero-order chi connectivity index (χ0) is 39.8. The Morgan fingerprint density at radius 3 is 1.62 bits per heavy atom. The molecule has 0 saturated heterocycles. The summed E-state index contributed by atoms with van der Waals surface area (Å²) >= 11 is 0. The Morgan fingerprint density at radius 2 is 0.917 bits per heavy atom. The molecule has 60 heavy (non-hydrogen) atoms. The van der Waals surface area contributed by atoms with Crippen LogP contribution in [0.25, 0.3) is 71.7 Å². The highest BCUT2D eigenvalue weighted by molar-refractivity contribution is 7.76. The van der Waals surface area contributed by atoms with E-state index in [1.165, 1.54) is 21.9 Å². The Morgan fingerprint density at radius 1 is 0.367 bits per heavy atom. The normalized spacial score (nSPS) is 15.1. The Hall–Kier alpha value is -7.59. The van der Waals surface area contributed by atoms with Crippen molar-refractivity contribution in [3.63, 3.8) is 0 Å². The molecule has 0 saturated carbocycles. The molecule has 9 aromatic carbocycles. The molecule has 1 unspecified atom stereocenters. The minimum atomic E-state index is -3.65. The zero-order valence-electron chi connectivity index (χ0n) is 32.4. The molecule has 11 aromatic rings. The third kappa shape index (κ3) is 5.16. The van der Waals surface area contributed by atoms with Crippen molar-refractivity contribution >= 4 is 79.2 Å². The zero-order valence-corrected chi connectivity index (χ0v) is 33.3. The van der Waals surface area contributed by atoms with Crippen molar-refractivity contribution in [1.29, 1.82) is 0 Å². The SMILES string of the molecule is O=P1(c2ccccc2)N(c2ccccc2)c2cc(-c3ccc4c(c3)c3cc(-c5ccccc5)ccc3n4-c3ccccc3)ccc2N1c1cccc2oc3ccccc3c12. The number of rotatable bonds is 6. The summed E-state index contributed by atoms with van der Waals surface area (Å²) < 4.78 is 29.6. The second kappa shape index (κ2) is 13.5. The molecular weight excluding hydrogens is 754 g/mol. The first kappa shape index (κ1) is 34.5. The first-order valence-corrected chi connectivity index (χ1v) is 21.8. The molecule has 0 bridgehead atoms. The van der Waals surface area contributed by atoms with E-state index in [0.29, 0.717) is 0 Å². The maximum Gasteiger partial charge on any atom is 0.301 e.